The lowest BCUT2D eigenvalue weighted by molar-refractivity contribution is 0.270. The molecule has 0 spiro atoms. The number of nitrogens with zero attached hydrogens (tertiary/aromatic N) is 2. The van der Waals surface area contributed by atoms with Gasteiger partial charge in [-0.25, -0.2) is 0 Å². The summed E-state index contributed by atoms with van der Waals surface area (Å²) in [5.41, 5.74) is 7.63. The molecule has 0 atom stereocenters. The molecule has 0 radical (unpaired) electrons. The minimum Gasteiger partial charge on any atom is -0.320 e. The first-order chi connectivity index (χ1) is 9.83. The van der Waals surface area contributed by atoms with Gasteiger partial charge in [-0.2, -0.15) is 0 Å². The number of rotatable bonds is 5. The predicted molar refractivity (Wildman–Crippen MR) is 84.3 cm³/mol. The summed E-state index contributed by atoms with van der Waals surface area (Å²) in [5, 5.41) is 2.09. The fraction of sp³-hybridized carbons (Fsp3) is 0.312. The molecule has 2 aromatic rings. The molecule has 0 fully saturated rings. The maximum atomic E-state index is 5.44. The largest absolute Gasteiger partial charge is 0.320 e. The Labute approximate surface area is 124 Å². The van der Waals surface area contributed by atoms with Gasteiger partial charge in [-0.1, -0.05) is 24.8 Å². The fourth-order valence-electron chi connectivity index (χ4n) is 1.92. The van der Waals surface area contributed by atoms with E-state index < -0.39 is 0 Å². The molecule has 2 heterocycles. The molecule has 2 aromatic heterocycles. The minimum atomic E-state index is 0.403. The van der Waals surface area contributed by atoms with Crippen molar-refractivity contribution in [3.05, 3.63) is 52.0 Å². The van der Waals surface area contributed by atoms with Gasteiger partial charge in [0.2, 0.25) is 0 Å². The Morgan fingerprint density at radius 2 is 2.20 bits per heavy atom. The predicted octanol–water partition coefficient (Wildman–Crippen LogP) is 2.48. The first-order valence-electron chi connectivity index (χ1n) is 6.71. The number of nitrogens with two attached hydrogens (primary N) is 1. The van der Waals surface area contributed by atoms with Crippen LogP contribution in [-0.2, 0) is 13.1 Å². The van der Waals surface area contributed by atoms with Gasteiger partial charge in [0.25, 0.3) is 0 Å². The molecule has 0 unspecified atom stereocenters. The first kappa shape index (κ1) is 14.7. The standard InChI is InChI=1S/C16H19N3S/c1-2-19(12-15-7-3-4-10-18-15)13-16-14(6-5-9-17)8-11-20-16/h3-4,7-8,10-11H,2,9,12-13,17H2,1H3. The highest BCUT2D eigenvalue weighted by Crippen LogP contribution is 2.19. The SMILES string of the molecule is CCN(Cc1ccccn1)Cc1sccc1C#CCN. The molecule has 2 rings (SSSR count). The zero-order valence-corrected chi connectivity index (χ0v) is 12.5. The summed E-state index contributed by atoms with van der Waals surface area (Å²) < 4.78 is 0. The van der Waals surface area contributed by atoms with E-state index in [1.54, 1.807) is 11.3 Å². The number of thiophene rings is 1. The van der Waals surface area contributed by atoms with Crippen LogP contribution in [0.3, 0.4) is 0 Å². The van der Waals surface area contributed by atoms with Gasteiger partial charge < -0.3 is 5.73 Å². The Balaban J connectivity index is 2.05. The lowest BCUT2D eigenvalue weighted by atomic mass is 10.2. The van der Waals surface area contributed by atoms with Gasteiger partial charge in [-0.3, -0.25) is 9.88 Å². The zero-order chi connectivity index (χ0) is 14.2. The molecule has 0 aliphatic carbocycles. The summed E-state index contributed by atoms with van der Waals surface area (Å²) in [6.07, 6.45) is 1.84. The van der Waals surface area contributed by atoms with Crippen LogP contribution in [0.15, 0.2) is 35.8 Å². The van der Waals surface area contributed by atoms with E-state index in [2.05, 4.69) is 46.2 Å². The Hall–Kier alpha value is -1.67. The molecule has 2 N–H and O–H groups in total. The number of hydrogen-bond donors (Lipinski definition) is 1. The van der Waals surface area contributed by atoms with Crippen molar-refractivity contribution in [2.45, 2.75) is 20.0 Å². The van der Waals surface area contributed by atoms with Crippen LogP contribution in [-0.4, -0.2) is 23.0 Å². The molecule has 0 saturated carbocycles. The van der Waals surface area contributed by atoms with Crippen molar-refractivity contribution in [1.29, 1.82) is 0 Å². The molecule has 4 heteroatoms. The summed E-state index contributed by atoms with van der Waals surface area (Å²) in [6.45, 7) is 5.32. The van der Waals surface area contributed by atoms with Gasteiger partial charge in [-0.05, 0) is 30.1 Å². The normalized spacial score (nSPS) is 10.3. The highest BCUT2D eigenvalue weighted by molar-refractivity contribution is 7.10. The van der Waals surface area contributed by atoms with Crippen LogP contribution in [0.4, 0.5) is 0 Å². The average Bonchev–Trinajstić information content (AvgIpc) is 2.92. The number of hydrogen-bond acceptors (Lipinski definition) is 4. The van der Waals surface area contributed by atoms with Crippen molar-refractivity contribution in [1.82, 2.24) is 9.88 Å². The van der Waals surface area contributed by atoms with Gasteiger partial charge >= 0.3 is 0 Å². The Morgan fingerprint density at radius 3 is 2.90 bits per heavy atom. The average molecular weight is 285 g/mol. The van der Waals surface area contributed by atoms with E-state index in [9.17, 15) is 0 Å². The second kappa shape index (κ2) is 7.81. The third kappa shape index (κ3) is 4.17. The highest BCUT2D eigenvalue weighted by atomic mass is 32.1. The molecule has 0 aliphatic rings. The van der Waals surface area contributed by atoms with E-state index in [0.717, 1.165) is 30.9 Å². The summed E-state index contributed by atoms with van der Waals surface area (Å²) in [5.74, 6) is 6.06. The van der Waals surface area contributed by atoms with Crippen LogP contribution >= 0.6 is 11.3 Å². The molecule has 0 saturated heterocycles. The molecular formula is C16H19N3S. The molecule has 3 nitrogen and oxygen atoms in total. The molecule has 104 valence electrons. The second-order valence-corrected chi connectivity index (χ2v) is 5.39. The van der Waals surface area contributed by atoms with Gasteiger partial charge in [0.1, 0.15) is 0 Å². The van der Waals surface area contributed by atoms with Gasteiger partial charge in [0.15, 0.2) is 0 Å². The van der Waals surface area contributed by atoms with Crippen LogP contribution in [0.25, 0.3) is 0 Å². The summed E-state index contributed by atoms with van der Waals surface area (Å²) in [7, 11) is 0. The lowest BCUT2D eigenvalue weighted by Gasteiger charge is -2.19. The molecule has 0 aromatic carbocycles. The second-order valence-electron chi connectivity index (χ2n) is 4.39. The van der Waals surface area contributed by atoms with E-state index in [1.165, 1.54) is 4.88 Å². The Bertz CT molecular complexity index is 581. The lowest BCUT2D eigenvalue weighted by Crippen LogP contribution is -2.22. The summed E-state index contributed by atoms with van der Waals surface area (Å²) in [4.78, 5) is 8.04. The van der Waals surface area contributed by atoms with E-state index >= 15 is 0 Å². The van der Waals surface area contributed by atoms with Gasteiger partial charge in [-0.15, -0.1) is 11.3 Å². The highest BCUT2D eigenvalue weighted by Gasteiger charge is 2.09. The van der Waals surface area contributed by atoms with Crippen LogP contribution in [0.1, 0.15) is 23.1 Å². The van der Waals surface area contributed by atoms with E-state index in [-0.39, 0.29) is 0 Å². The molecular weight excluding hydrogens is 266 g/mol. The van der Waals surface area contributed by atoms with Crippen molar-refractivity contribution >= 4 is 11.3 Å². The van der Waals surface area contributed by atoms with Crippen molar-refractivity contribution in [3.63, 3.8) is 0 Å². The zero-order valence-electron chi connectivity index (χ0n) is 11.7. The van der Waals surface area contributed by atoms with Crippen LogP contribution < -0.4 is 5.73 Å². The number of aromatic nitrogens is 1. The maximum absolute atomic E-state index is 5.44. The van der Waals surface area contributed by atoms with Crippen LogP contribution in [0.5, 0.6) is 0 Å². The summed E-state index contributed by atoms with van der Waals surface area (Å²) >= 11 is 1.75. The van der Waals surface area contributed by atoms with E-state index in [4.69, 9.17) is 5.73 Å². The third-order valence-corrected chi connectivity index (χ3v) is 3.90. The smallest absolute Gasteiger partial charge is 0.0555 e. The minimum absolute atomic E-state index is 0.403. The molecule has 0 amide bonds. The molecule has 20 heavy (non-hydrogen) atoms. The summed E-state index contributed by atoms with van der Waals surface area (Å²) in [6, 6.07) is 8.10. The fourth-order valence-corrected chi connectivity index (χ4v) is 2.80. The van der Waals surface area contributed by atoms with Crippen LogP contribution in [0, 0.1) is 11.8 Å². The topological polar surface area (TPSA) is 42.2 Å². The van der Waals surface area contributed by atoms with E-state index in [0.29, 0.717) is 6.54 Å². The maximum Gasteiger partial charge on any atom is 0.0555 e. The Kier molecular flexibility index (Phi) is 5.75. The monoisotopic (exact) mass is 285 g/mol. The van der Waals surface area contributed by atoms with Crippen molar-refractivity contribution in [2.75, 3.05) is 13.1 Å². The third-order valence-electron chi connectivity index (χ3n) is 3.00. The van der Waals surface area contributed by atoms with Gasteiger partial charge in [0, 0.05) is 29.7 Å². The van der Waals surface area contributed by atoms with Crippen LogP contribution in [0.2, 0.25) is 0 Å². The van der Waals surface area contributed by atoms with Crippen molar-refractivity contribution in [3.8, 4) is 11.8 Å². The molecule has 0 aliphatic heterocycles. The Morgan fingerprint density at radius 1 is 1.30 bits per heavy atom. The quantitative estimate of drug-likeness (QED) is 0.858. The van der Waals surface area contributed by atoms with Crippen molar-refractivity contribution < 1.29 is 0 Å². The number of pyridine rings is 1. The van der Waals surface area contributed by atoms with Gasteiger partial charge in [0.05, 0.1) is 12.2 Å². The van der Waals surface area contributed by atoms with E-state index in [1.807, 2.05) is 18.3 Å². The molecule has 0 bridgehead atoms. The first-order valence-corrected chi connectivity index (χ1v) is 7.59. The van der Waals surface area contributed by atoms with Crippen molar-refractivity contribution in [2.24, 2.45) is 5.73 Å².